The highest BCUT2D eigenvalue weighted by atomic mass is 16.3. The molecule has 8 aromatic carbocycles. The van der Waals surface area contributed by atoms with E-state index < -0.39 is 5.41 Å². The molecule has 286 valence electrons. The summed E-state index contributed by atoms with van der Waals surface area (Å²) in [6, 6.07) is 69.6. The quantitative estimate of drug-likeness (QED) is 0.167. The number of anilines is 3. The summed E-state index contributed by atoms with van der Waals surface area (Å²) in [6.45, 7) is 4.74. The molecule has 0 saturated heterocycles. The zero-order valence-electron chi connectivity index (χ0n) is 33.8. The van der Waals surface area contributed by atoms with Gasteiger partial charge >= 0.3 is 0 Å². The minimum absolute atomic E-state index is 0.149. The van der Waals surface area contributed by atoms with Crippen LogP contribution < -0.4 is 4.90 Å². The van der Waals surface area contributed by atoms with Gasteiger partial charge in [0.25, 0.3) is 0 Å². The number of hydrogen-bond acceptors (Lipinski definition) is 2. The third-order valence-corrected chi connectivity index (χ3v) is 13.6. The summed E-state index contributed by atoms with van der Waals surface area (Å²) >= 11 is 0. The molecule has 0 fully saturated rings. The first kappa shape index (κ1) is 34.8. The Morgan fingerprint density at radius 3 is 1.88 bits per heavy atom. The fourth-order valence-corrected chi connectivity index (χ4v) is 10.9. The molecule has 0 bridgehead atoms. The molecule has 3 aliphatic rings. The first-order valence-electron chi connectivity index (χ1n) is 21.2. The number of fused-ring (bicyclic) bond motifs is 8. The molecule has 1 heterocycles. The molecule has 2 nitrogen and oxygen atoms in total. The lowest BCUT2D eigenvalue weighted by atomic mass is 9.66. The molecule has 0 spiro atoms. The minimum Gasteiger partial charge on any atom is -0.456 e. The fourth-order valence-electron chi connectivity index (χ4n) is 10.9. The van der Waals surface area contributed by atoms with E-state index in [1.807, 2.05) is 6.07 Å². The molecule has 9 aromatic rings. The highest BCUT2D eigenvalue weighted by molar-refractivity contribution is 6.07. The topological polar surface area (TPSA) is 16.4 Å². The molecule has 0 unspecified atom stereocenters. The number of para-hydroxylation sites is 2. The van der Waals surface area contributed by atoms with Crippen LogP contribution in [0.3, 0.4) is 0 Å². The predicted molar refractivity (Wildman–Crippen MR) is 249 cm³/mol. The summed E-state index contributed by atoms with van der Waals surface area (Å²) in [5.74, 6) is 0. The Kier molecular flexibility index (Phi) is 7.65. The Hall–Kier alpha value is -7.16. The largest absolute Gasteiger partial charge is 0.456 e. The highest BCUT2D eigenvalue weighted by Gasteiger charge is 2.47. The second-order valence-electron chi connectivity index (χ2n) is 17.1. The maximum atomic E-state index is 6.30. The molecular weight excluding hydrogens is 727 g/mol. The van der Waals surface area contributed by atoms with E-state index in [9.17, 15) is 0 Å². The van der Waals surface area contributed by atoms with E-state index >= 15 is 0 Å². The van der Waals surface area contributed by atoms with Crippen LogP contribution in [0.25, 0.3) is 49.8 Å². The third-order valence-electron chi connectivity index (χ3n) is 13.6. The van der Waals surface area contributed by atoms with Crippen LogP contribution in [0.15, 0.2) is 210 Å². The van der Waals surface area contributed by atoms with Gasteiger partial charge < -0.3 is 9.32 Å². The van der Waals surface area contributed by atoms with Crippen LogP contribution in [0.1, 0.15) is 60.1 Å². The maximum absolute atomic E-state index is 6.30. The summed E-state index contributed by atoms with van der Waals surface area (Å²) in [5, 5.41) is 2.26. The van der Waals surface area contributed by atoms with E-state index in [0.717, 1.165) is 63.0 Å². The van der Waals surface area contributed by atoms with Crippen molar-refractivity contribution in [3.8, 4) is 22.3 Å². The van der Waals surface area contributed by atoms with Crippen LogP contribution in [-0.2, 0) is 10.8 Å². The SMILES string of the molecule is CC1(C)c2ccccc2-c2ccc(N(c3ccc4c(c3)C(c3ccccc3)(c3ccccc3)C3=C4CCC=C3)c3ccccc3-c3ccc4oc5ccccc5c4c3)cc21. The normalized spacial score (nSPS) is 15.5. The standard InChI is InChI=1S/C58H43NO/c1-57(2)50-25-13-9-22-44(50)46-32-30-41(36-52(46)57)59(54-27-15-11-21-43(54)38-29-34-56-49(35-38)48-24-12-16-28-55(48)60-56)42-31-33-47-45-23-10-14-26-51(45)58(53(47)37-42,39-17-5-3-6-18-39)40-19-7-4-8-20-40/h3-9,11-22,24-37H,10,23H2,1-2H3. The van der Waals surface area contributed by atoms with Gasteiger partial charge in [-0.15, -0.1) is 0 Å². The Balaban J connectivity index is 1.12. The van der Waals surface area contributed by atoms with Crippen molar-refractivity contribution < 1.29 is 4.42 Å². The van der Waals surface area contributed by atoms with Crippen LogP contribution in [0.4, 0.5) is 17.1 Å². The monoisotopic (exact) mass is 769 g/mol. The van der Waals surface area contributed by atoms with Crippen LogP contribution >= 0.6 is 0 Å². The van der Waals surface area contributed by atoms with Crippen molar-refractivity contribution in [2.45, 2.75) is 37.5 Å². The van der Waals surface area contributed by atoms with Gasteiger partial charge in [-0.05, 0) is 123 Å². The first-order valence-corrected chi connectivity index (χ1v) is 21.2. The van der Waals surface area contributed by atoms with Gasteiger partial charge in [0.05, 0.1) is 11.1 Å². The molecule has 60 heavy (non-hydrogen) atoms. The van der Waals surface area contributed by atoms with Crippen LogP contribution in [0.5, 0.6) is 0 Å². The van der Waals surface area contributed by atoms with E-state index in [0.29, 0.717) is 0 Å². The van der Waals surface area contributed by atoms with Crippen LogP contribution in [0.2, 0.25) is 0 Å². The maximum Gasteiger partial charge on any atom is 0.135 e. The second kappa shape index (κ2) is 13.2. The van der Waals surface area contributed by atoms with E-state index in [4.69, 9.17) is 4.42 Å². The number of nitrogens with zero attached hydrogens (tertiary/aromatic N) is 1. The molecule has 0 atom stereocenters. The van der Waals surface area contributed by atoms with Gasteiger partial charge in [0.15, 0.2) is 0 Å². The molecule has 0 aliphatic heterocycles. The lowest BCUT2D eigenvalue weighted by Crippen LogP contribution is -2.29. The van der Waals surface area contributed by atoms with Crippen molar-refractivity contribution in [2.24, 2.45) is 0 Å². The van der Waals surface area contributed by atoms with Crippen molar-refractivity contribution in [2.75, 3.05) is 4.90 Å². The second-order valence-corrected chi connectivity index (χ2v) is 17.1. The average Bonchev–Trinajstić information content (AvgIpc) is 3.90. The van der Waals surface area contributed by atoms with Crippen molar-refractivity contribution in [3.63, 3.8) is 0 Å². The molecule has 0 N–H and O–H groups in total. The summed E-state index contributed by atoms with van der Waals surface area (Å²) < 4.78 is 6.30. The van der Waals surface area contributed by atoms with Crippen molar-refractivity contribution in [1.82, 2.24) is 0 Å². The van der Waals surface area contributed by atoms with Gasteiger partial charge in [-0.25, -0.2) is 0 Å². The lowest BCUT2D eigenvalue weighted by molar-refractivity contribution is 0.660. The lowest BCUT2D eigenvalue weighted by Gasteiger charge is -2.36. The zero-order chi connectivity index (χ0) is 40.0. The zero-order valence-corrected chi connectivity index (χ0v) is 33.8. The highest BCUT2D eigenvalue weighted by Crippen LogP contribution is 2.59. The van der Waals surface area contributed by atoms with Crippen LogP contribution in [0, 0.1) is 0 Å². The Labute approximate surface area is 351 Å². The van der Waals surface area contributed by atoms with Gasteiger partial charge in [-0.1, -0.05) is 166 Å². The predicted octanol–water partition coefficient (Wildman–Crippen LogP) is 15.5. The molecule has 1 aromatic heterocycles. The molecule has 3 aliphatic carbocycles. The smallest absolute Gasteiger partial charge is 0.135 e. The van der Waals surface area contributed by atoms with E-state index in [1.165, 1.54) is 55.7 Å². The molecule has 2 heteroatoms. The van der Waals surface area contributed by atoms with Crippen molar-refractivity contribution in [3.05, 3.63) is 239 Å². The number of hydrogen-bond donors (Lipinski definition) is 0. The molecule has 0 amide bonds. The van der Waals surface area contributed by atoms with Gasteiger partial charge in [-0.2, -0.15) is 0 Å². The Morgan fingerprint density at radius 2 is 1.10 bits per heavy atom. The average molecular weight is 770 g/mol. The van der Waals surface area contributed by atoms with Gasteiger partial charge in [-0.3, -0.25) is 0 Å². The minimum atomic E-state index is -0.472. The number of allylic oxidation sites excluding steroid dienone is 4. The third kappa shape index (κ3) is 4.94. The molecule has 0 saturated carbocycles. The fraction of sp³-hybridized carbons (Fsp3) is 0.103. The first-order chi connectivity index (χ1) is 29.5. The van der Waals surface area contributed by atoms with Gasteiger partial charge in [0.1, 0.15) is 11.2 Å². The van der Waals surface area contributed by atoms with Gasteiger partial charge in [0.2, 0.25) is 0 Å². The van der Waals surface area contributed by atoms with E-state index in [1.54, 1.807) is 0 Å². The molecule has 0 radical (unpaired) electrons. The van der Waals surface area contributed by atoms with Crippen molar-refractivity contribution >= 4 is 44.6 Å². The number of benzene rings is 8. The summed E-state index contributed by atoms with van der Waals surface area (Å²) in [7, 11) is 0. The molecular formula is C58H43NO. The van der Waals surface area contributed by atoms with Gasteiger partial charge in [0, 0.05) is 33.1 Å². The number of furan rings is 1. The Morgan fingerprint density at radius 1 is 0.483 bits per heavy atom. The van der Waals surface area contributed by atoms with E-state index in [2.05, 4.69) is 213 Å². The number of rotatable bonds is 6. The summed E-state index contributed by atoms with van der Waals surface area (Å²) in [6.07, 6.45) is 6.86. The molecule has 12 rings (SSSR count). The summed E-state index contributed by atoms with van der Waals surface area (Å²) in [4.78, 5) is 2.51. The van der Waals surface area contributed by atoms with E-state index in [-0.39, 0.29) is 5.41 Å². The Bertz CT molecular complexity index is 3200. The van der Waals surface area contributed by atoms with Crippen molar-refractivity contribution in [1.29, 1.82) is 0 Å². The summed E-state index contributed by atoms with van der Waals surface area (Å²) in [5.41, 5.74) is 20.4. The van der Waals surface area contributed by atoms with Crippen LogP contribution in [-0.4, -0.2) is 0 Å².